The van der Waals surface area contributed by atoms with Gasteiger partial charge in [0.25, 0.3) is 0 Å². The number of aliphatic hydroxyl groups is 1. The SMILES string of the molecule is CC(C)(CO)NC(=O)Cc1c(Sc2ccccc2)c2ccccc2n1Cc1ccccc1. The van der Waals surface area contributed by atoms with E-state index in [2.05, 4.69) is 46.3 Å². The molecule has 0 aliphatic carbocycles. The molecule has 0 saturated carbocycles. The van der Waals surface area contributed by atoms with Gasteiger partial charge in [-0.05, 0) is 37.6 Å². The highest BCUT2D eigenvalue weighted by molar-refractivity contribution is 7.99. The van der Waals surface area contributed by atoms with Crippen molar-refractivity contribution in [3.63, 3.8) is 0 Å². The maximum Gasteiger partial charge on any atom is 0.226 e. The van der Waals surface area contributed by atoms with Gasteiger partial charge in [0.15, 0.2) is 0 Å². The Morgan fingerprint density at radius 2 is 1.56 bits per heavy atom. The molecular weight excluding hydrogens is 416 g/mol. The normalized spacial score (nSPS) is 11.6. The van der Waals surface area contributed by atoms with Crippen molar-refractivity contribution in [2.24, 2.45) is 0 Å². The van der Waals surface area contributed by atoms with Gasteiger partial charge in [-0.2, -0.15) is 0 Å². The third-order valence-corrected chi connectivity index (χ3v) is 6.54. The number of aliphatic hydroxyl groups excluding tert-OH is 1. The van der Waals surface area contributed by atoms with Crippen LogP contribution >= 0.6 is 11.8 Å². The number of nitrogens with one attached hydrogen (secondary N) is 1. The number of carbonyl (C=O) groups excluding carboxylic acids is 1. The molecule has 1 amide bonds. The Labute approximate surface area is 193 Å². The summed E-state index contributed by atoms with van der Waals surface area (Å²) in [6, 6.07) is 28.9. The fraction of sp³-hybridized carbons (Fsp3) is 0.222. The molecule has 0 unspecified atom stereocenters. The predicted molar refractivity (Wildman–Crippen MR) is 131 cm³/mol. The second-order valence-electron chi connectivity index (χ2n) is 8.55. The van der Waals surface area contributed by atoms with Gasteiger partial charge < -0.3 is 15.0 Å². The predicted octanol–water partition coefficient (Wildman–Crippen LogP) is 5.27. The van der Waals surface area contributed by atoms with Crippen LogP contribution in [0.15, 0.2) is 94.7 Å². The second kappa shape index (κ2) is 9.63. The van der Waals surface area contributed by atoms with Crippen LogP contribution in [0.5, 0.6) is 0 Å². The van der Waals surface area contributed by atoms with Gasteiger partial charge in [0.1, 0.15) is 0 Å². The molecule has 0 spiro atoms. The number of amides is 1. The lowest BCUT2D eigenvalue weighted by Gasteiger charge is -2.24. The summed E-state index contributed by atoms with van der Waals surface area (Å²) in [4.78, 5) is 15.3. The molecule has 0 radical (unpaired) electrons. The van der Waals surface area contributed by atoms with E-state index in [4.69, 9.17) is 0 Å². The van der Waals surface area contributed by atoms with Gasteiger partial charge in [-0.3, -0.25) is 4.79 Å². The molecule has 1 heterocycles. The van der Waals surface area contributed by atoms with Crippen LogP contribution in [0, 0.1) is 0 Å². The highest BCUT2D eigenvalue weighted by Crippen LogP contribution is 2.39. The number of aromatic nitrogens is 1. The second-order valence-corrected chi connectivity index (χ2v) is 9.63. The zero-order chi connectivity index (χ0) is 22.6. The number of hydrogen-bond acceptors (Lipinski definition) is 3. The number of benzene rings is 3. The van der Waals surface area contributed by atoms with E-state index in [1.807, 2.05) is 62.4 Å². The summed E-state index contributed by atoms with van der Waals surface area (Å²) in [5.74, 6) is -0.101. The van der Waals surface area contributed by atoms with Crippen molar-refractivity contribution >= 4 is 28.6 Å². The van der Waals surface area contributed by atoms with Crippen LogP contribution in [-0.2, 0) is 17.8 Å². The summed E-state index contributed by atoms with van der Waals surface area (Å²) < 4.78 is 2.25. The first-order chi connectivity index (χ1) is 15.5. The van der Waals surface area contributed by atoms with Crippen LogP contribution in [0.25, 0.3) is 10.9 Å². The van der Waals surface area contributed by atoms with E-state index in [-0.39, 0.29) is 18.9 Å². The average Bonchev–Trinajstić information content (AvgIpc) is 3.07. The van der Waals surface area contributed by atoms with Crippen LogP contribution in [-0.4, -0.2) is 27.7 Å². The largest absolute Gasteiger partial charge is 0.394 e. The minimum Gasteiger partial charge on any atom is -0.394 e. The van der Waals surface area contributed by atoms with E-state index in [1.165, 1.54) is 5.56 Å². The number of hydrogen-bond donors (Lipinski definition) is 2. The number of carbonyl (C=O) groups is 1. The zero-order valence-electron chi connectivity index (χ0n) is 18.4. The summed E-state index contributed by atoms with van der Waals surface area (Å²) in [6.07, 6.45) is 0.236. The fourth-order valence-electron chi connectivity index (χ4n) is 3.78. The molecule has 4 rings (SSSR count). The number of rotatable bonds is 8. The Kier molecular flexibility index (Phi) is 6.68. The molecule has 0 saturated heterocycles. The third kappa shape index (κ3) is 5.06. The Morgan fingerprint density at radius 3 is 2.25 bits per heavy atom. The number of para-hydroxylation sites is 1. The van der Waals surface area contributed by atoms with E-state index in [0.29, 0.717) is 6.54 Å². The molecular formula is C27H28N2O2S. The van der Waals surface area contributed by atoms with Gasteiger partial charge in [-0.15, -0.1) is 0 Å². The maximum atomic E-state index is 13.0. The van der Waals surface area contributed by atoms with Crippen molar-refractivity contribution < 1.29 is 9.90 Å². The van der Waals surface area contributed by atoms with Gasteiger partial charge in [-0.25, -0.2) is 0 Å². The first-order valence-electron chi connectivity index (χ1n) is 10.8. The number of fused-ring (bicyclic) bond motifs is 1. The molecule has 3 aromatic carbocycles. The minimum atomic E-state index is -0.667. The first kappa shape index (κ1) is 22.2. The van der Waals surface area contributed by atoms with Crippen LogP contribution in [0.1, 0.15) is 25.1 Å². The Balaban J connectivity index is 1.82. The molecule has 164 valence electrons. The van der Waals surface area contributed by atoms with Gasteiger partial charge in [-0.1, -0.05) is 78.5 Å². The van der Waals surface area contributed by atoms with Crippen LogP contribution in [0.4, 0.5) is 0 Å². The monoisotopic (exact) mass is 444 g/mol. The summed E-state index contributed by atoms with van der Waals surface area (Å²) >= 11 is 1.69. The van der Waals surface area contributed by atoms with E-state index >= 15 is 0 Å². The first-order valence-corrected chi connectivity index (χ1v) is 11.6. The van der Waals surface area contributed by atoms with Crippen molar-refractivity contribution in [2.75, 3.05) is 6.61 Å². The smallest absolute Gasteiger partial charge is 0.226 e. The molecule has 5 heteroatoms. The number of nitrogens with zero attached hydrogens (tertiary/aromatic N) is 1. The van der Waals surface area contributed by atoms with E-state index in [1.54, 1.807) is 11.8 Å². The fourth-order valence-corrected chi connectivity index (χ4v) is 4.89. The van der Waals surface area contributed by atoms with Crippen LogP contribution in [0.2, 0.25) is 0 Å². The van der Waals surface area contributed by atoms with E-state index < -0.39 is 5.54 Å². The standard InChI is InChI=1S/C27H28N2O2S/c1-27(2,19-30)28-25(31)17-24-26(32-21-13-7-4-8-14-21)22-15-9-10-16-23(22)29(24)18-20-11-5-3-6-12-20/h3-16,30H,17-19H2,1-2H3,(H,28,31). The summed E-state index contributed by atoms with van der Waals surface area (Å²) in [7, 11) is 0. The third-order valence-electron chi connectivity index (χ3n) is 5.38. The van der Waals surface area contributed by atoms with E-state index in [9.17, 15) is 9.90 Å². The van der Waals surface area contributed by atoms with Gasteiger partial charge >= 0.3 is 0 Å². The van der Waals surface area contributed by atoms with Crippen LogP contribution in [0.3, 0.4) is 0 Å². The van der Waals surface area contributed by atoms with Crippen molar-refractivity contribution in [1.82, 2.24) is 9.88 Å². The Hall–Kier alpha value is -3.02. The lowest BCUT2D eigenvalue weighted by atomic mass is 10.1. The zero-order valence-corrected chi connectivity index (χ0v) is 19.2. The lowest BCUT2D eigenvalue weighted by Crippen LogP contribution is -2.47. The molecule has 0 atom stereocenters. The van der Waals surface area contributed by atoms with Crippen molar-refractivity contribution in [1.29, 1.82) is 0 Å². The van der Waals surface area contributed by atoms with E-state index in [0.717, 1.165) is 26.4 Å². The van der Waals surface area contributed by atoms with Gasteiger partial charge in [0.05, 0.1) is 18.6 Å². The van der Waals surface area contributed by atoms with Crippen molar-refractivity contribution in [3.05, 3.63) is 96.2 Å². The van der Waals surface area contributed by atoms with Gasteiger partial charge in [0.2, 0.25) is 5.91 Å². The summed E-state index contributed by atoms with van der Waals surface area (Å²) in [5, 5.41) is 13.7. The topological polar surface area (TPSA) is 54.3 Å². The Bertz CT molecular complexity index is 1120. The molecule has 0 aliphatic rings. The molecule has 2 N–H and O–H groups in total. The Morgan fingerprint density at radius 1 is 0.938 bits per heavy atom. The lowest BCUT2D eigenvalue weighted by molar-refractivity contribution is -0.122. The molecule has 0 fully saturated rings. The molecule has 0 aliphatic heterocycles. The highest BCUT2D eigenvalue weighted by atomic mass is 32.2. The molecule has 1 aromatic heterocycles. The molecule has 4 aromatic rings. The molecule has 0 bridgehead atoms. The quantitative estimate of drug-likeness (QED) is 0.389. The van der Waals surface area contributed by atoms with Crippen LogP contribution < -0.4 is 5.32 Å². The van der Waals surface area contributed by atoms with Crippen molar-refractivity contribution in [3.8, 4) is 0 Å². The maximum absolute atomic E-state index is 13.0. The van der Waals surface area contributed by atoms with Crippen molar-refractivity contribution in [2.45, 2.75) is 42.1 Å². The van der Waals surface area contributed by atoms with Gasteiger partial charge in [0, 0.05) is 32.9 Å². The minimum absolute atomic E-state index is 0.101. The summed E-state index contributed by atoms with van der Waals surface area (Å²) in [6.45, 7) is 4.22. The average molecular weight is 445 g/mol. The summed E-state index contributed by atoms with van der Waals surface area (Å²) in [5.41, 5.74) is 2.61. The molecule has 4 nitrogen and oxygen atoms in total. The molecule has 32 heavy (non-hydrogen) atoms. The highest BCUT2D eigenvalue weighted by Gasteiger charge is 2.24.